The lowest BCUT2D eigenvalue weighted by Crippen LogP contribution is -2.40. The van der Waals surface area contributed by atoms with Crippen molar-refractivity contribution in [3.8, 4) is 0 Å². The minimum Gasteiger partial charge on any atom is -0.356 e. The highest BCUT2D eigenvalue weighted by Gasteiger charge is 2.02. The van der Waals surface area contributed by atoms with Crippen LogP contribution in [-0.4, -0.2) is 62.1 Å². The fraction of sp³-hybridized carbons (Fsp3) is 0.750. The van der Waals surface area contributed by atoms with Gasteiger partial charge in [-0.1, -0.05) is 6.92 Å². The normalized spacial score (nSPS) is 12.4. The van der Waals surface area contributed by atoms with Gasteiger partial charge < -0.3 is 15.2 Å². The highest BCUT2D eigenvalue weighted by molar-refractivity contribution is 7.88. The van der Waals surface area contributed by atoms with Crippen molar-refractivity contribution in [1.82, 2.24) is 30.1 Å². The Labute approximate surface area is 131 Å². The molecule has 9 nitrogen and oxygen atoms in total. The first-order valence-corrected chi connectivity index (χ1v) is 9.11. The highest BCUT2D eigenvalue weighted by atomic mass is 32.2. The van der Waals surface area contributed by atoms with Crippen molar-refractivity contribution in [2.75, 3.05) is 32.9 Å². The van der Waals surface area contributed by atoms with Crippen LogP contribution >= 0.6 is 0 Å². The van der Waals surface area contributed by atoms with E-state index >= 15 is 0 Å². The summed E-state index contributed by atoms with van der Waals surface area (Å²) in [5, 5.41) is 14.2. The Morgan fingerprint density at radius 3 is 2.68 bits per heavy atom. The zero-order chi connectivity index (χ0) is 16.4. The molecule has 10 heteroatoms. The molecule has 0 aromatic carbocycles. The van der Waals surface area contributed by atoms with Gasteiger partial charge >= 0.3 is 0 Å². The van der Waals surface area contributed by atoms with Gasteiger partial charge in [0.1, 0.15) is 12.2 Å². The van der Waals surface area contributed by atoms with E-state index in [1.807, 2.05) is 11.5 Å². The smallest absolute Gasteiger partial charge is 0.208 e. The van der Waals surface area contributed by atoms with E-state index in [1.165, 1.54) is 0 Å². The van der Waals surface area contributed by atoms with Crippen molar-refractivity contribution in [2.24, 2.45) is 4.99 Å². The molecule has 22 heavy (non-hydrogen) atoms. The predicted octanol–water partition coefficient (Wildman–Crippen LogP) is -1.06. The first kappa shape index (κ1) is 18.4. The van der Waals surface area contributed by atoms with Crippen LogP contribution in [-0.2, 0) is 23.0 Å². The molecule has 0 aliphatic heterocycles. The largest absolute Gasteiger partial charge is 0.356 e. The van der Waals surface area contributed by atoms with Crippen LogP contribution in [0.5, 0.6) is 0 Å². The summed E-state index contributed by atoms with van der Waals surface area (Å²) in [6.45, 7) is 4.54. The maximum atomic E-state index is 10.9. The van der Waals surface area contributed by atoms with Gasteiger partial charge in [0, 0.05) is 39.6 Å². The minimum absolute atomic E-state index is 0.406. The second kappa shape index (κ2) is 9.36. The van der Waals surface area contributed by atoms with Crippen LogP contribution in [0.3, 0.4) is 0 Å². The average molecular weight is 331 g/mol. The number of nitrogens with zero attached hydrogens (tertiary/aromatic N) is 4. The van der Waals surface area contributed by atoms with Gasteiger partial charge in [0.25, 0.3) is 0 Å². The summed E-state index contributed by atoms with van der Waals surface area (Å²) in [6.07, 6.45) is 4.39. The molecule has 0 radical (unpaired) electrons. The molecule has 0 aliphatic rings. The van der Waals surface area contributed by atoms with E-state index in [2.05, 4.69) is 30.5 Å². The van der Waals surface area contributed by atoms with Crippen LogP contribution in [0, 0.1) is 0 Å². The maximum Gasteiger partial charge on any atom is 0.208 e. The molecule has 1 heterocycles. The van der Waals surface area contributed by atoms with Crippen molar-refractivity contribution in [2.45, 2.75) is 26.3 Å². The third-order valence-corrected chi connectivity index (χ3v) is 3.62. The Kier molecular flexibility index (Phi) is 7.82. The molecule has 126 valence electrons. The van der Waals surface area contributed by atoms with E-state index < -0.39 is 10.0 Å². The number of hydrogen-bond donors (Lipinski definition) is 3. The van der Waals surface area contributed by atoms with Crippen molar-refractivity contribution in [3.63, 3.8) is 0 Å². The molecule has 0 spiro atoms. The second-order valence-electron chi connectivity index (χ2n) is 4.74. The lowest BCUT2D eigenvalue weighted by molar-refractivity contribution is 0.584. The average Bonchev–Trinajstić information content (AvgIpc) is 2.91. The number of hydrogen-bond acceptors (Lipinski definition) is 5. The highest BCUT2D eigenvalue weighted by Crippen LogP contribution is 1.94. The van der Waals surface area contributed by atoms with Crippen LogP contribution in [0.15, 0.2) is 11.3 Å². The van der Waals surface area contributed by atoms with Gasteiger partial charge in [-0.3, -0.25) is 4.99 Å². The minimum atomic E-state index is -3.11. The quantitative estimate of drug-likeness (QED) is 0.302. The summed E-state index contributed by atoms with van der Waals surface area (Å²) in [5.74, 6) is 1.64. The Hall–Kier alpha value is -1.68. The number of rotatable bonds is 9. The van der Waals surface area contributed by atoms with E-state index in [-0.39, 0.29) is 0 Å². The van der Waals surface area contributed by atoms with Gasteiger partial charge in [0.2, 0.25) is 10.0 Å². The third kappa shape index (κ3) is 7.36. The molecule has 0 bridgehead atoms. The van der Waals surface area contributed by atoms with E-state index in [0.717, 1.165) is 25.0 Å². The van der Waals surface area contributed by atoms with E-state index in [4.69, 9.17) is 0 Å². The zero-order valence-corrected chi connectivity index (χ0v) is 14.2. The van der Waals surface area contributed by atoms with Crippen molar-refractivity contribution in [3.05, 3.63) is 12.2 Å². The number of guanidine groups is 1. The summed E-state index contributed by atoms with van der Waals surface area (Å²) in [7, 11) is -1.42. The van der Waals surface area contributed by atoms with Crippen LogP contribution in [0.25, 0.3) is 0 Å². The van der Waals surface area contributed by atoms with Crippen LogP contribution in [0.1, 0.15) is 19.2 Å². The van der Waals surface area contributed by atoms with Crippen LogP contribution in [0.4, 0.5) is 0 Å². The Bertz CT molecular complexity index is 568. The number of aryl methyl sites for hydroxylation is 1. The number of aromatic nitrogens is 3. The molecule has 0 saturated heterocycles. The molecule has 1 aromatic rings. The van der Waals surface area contributed by atoms with Crippen molar-refractivity contribution < 1.29 is 8.42 Å². The summed E-state index contributed by atoms with van der Waals surface area (Å²) in [6, 6.07) is 0. The molecule has 3 N–H and O–H groups in total. The molecule has 0 fully saturated rings. The van der Waals surface area contributed by atoms with Gasteiger partial charge in [0.05, 0.1) is 6.26 Å². The fourth-order valence-corrected chi connectivity index (χ4v) is 2.32. The van der Waals surface area contributed by atoms with Gasteiger partial charge in [-0.15, -0.1) is 10.2 Å². The Balaban J connectivity index is 2.20. The lowest BCUT2D eigenvalue weighted by Gasteiger charge is -2.12. The Morgan fingerprint density at radius 2 is 2.05 bits per heavy atom. The standard InChI is InChI=1S/C12H25N7O2S/c1-4-11-18-16-10-19(11)9-8-15-12(13-2)14-6-5-7-17-22(3,20)21/h10,17H,4-9H2,1-3H3,(H2,13,14,15). The molecular weight excluding hydrogens is 306 g/mol. The molecular formula is C12H25N7O2S. The molecule has 0 amide bonds. The van der Waals surface area contributed by atoms with E-state index in [0.29, 0.717) is 32.0 Å². The van der Waals surface area contributed by atoms with E-state index in [9.17, 15) is 8.42 Å². The number of sulfonamides is 1. The Morgan fingerprint density at radius 1 is 1.32 bits per heavy atom. The van der Waals surface area contributed by atoms with Gasteiger partial charge in [-0.25, -0.2) is 13.1 Å². The van der Waals surface area contributed by atoms with Gasteiger partial charge in [-0.05, 0) is 6.42 Å². The van der Waals surface area contributed by atoms with Gasteiger partial charge in [-0.2, -0.15) is 0 Å². The summed E-state index contributed by atoms with van der Waals surface area (Å²) in [5.41, 5.74) is 0. The third-order valence-electron chi connectivity index (χ3n) is 2.89. The first-order chi connectivity index (χ1) is 10.5. The molecule has 0 saturated carbocycles. The summed E-state index contributed by atoms with van der Waals surface area (Å²) < 4.78 is 26.3. The monoisotopic (exact) mass is 331 g/mol. The zero-order valence-electron chi connectivity index (χ0n) is 13.3. The SMILES string of the molecule is CCc1nncn1CCNC(=NC)NCCCNS(C)(=O)=O. The lowest BCUT2D eigenvalue weighted by atomic mass is 10.4. The number of nitrogens with one attached hydrogen (secondary N) is 3. The molecule has 0 unspecified atom stereocenters. The molecule has 0 atom stereocenters. The topological polar surface area (TPSA) is 113 Å². The first-order valence-electron chi connectivity index (χ1n) is 7.22. The molecule has 1 aromatic heterocycles. The molecule has 1 rings (SSSR count). The maximum absolute atomic E-state index is 10.9. The summed E-state index contributed by atoms with van der Waals surface area (Å²) >= 11 is 0. The van der Waals surface area contributed by atoms with Crippen molar-refractivity contribution >= 4 is 16.0 Å². The second-order valence-corrected chi connectivity index (χ2v) is 6.57. The predicted molar refractivity (Wildman–Crippen MR) is 86.2 cm³/mol. The number of aliphatic imine (C=N–C) groups is 1. The fourth-order valence-electron chi connectivity index (χ4n) is 1.81. The van der Waals surface area contributed by atoms with E-state index in [1.54, 1.807) is 13.4 Å². The van der Waals surface area contributed by atoms with Crippen LogP contribution < -0.4 is 15.4 Å². The summed E-state index contributed by atoms with van der Waals surface area (Å²) in [4.78, 5) is 4.11. The van der Waals surface area contributed by atoms with Crippen LogP contribution in [0.2, 0.25) is 0 Å². The van der Waals surface area contributed by atoms with Gasteiger partial charge in [0.15, 0.2) is 5.96 Å². The van der Waals surface area contributed by atoms with Crippen molar-refractivity contribution in [1.29, 1.82) is 0 Å². The molecule has 0 aliphatic carbocycles.